The number of nitrogens with one attached hydrogen (secondary N) is 1. The maximum absolute atomic E-state index is 12.0. The van der Waals surface area contributed by atoms with Gasteiger partial charge >= 0.3 is 5.56 Å². The van der Waals surface area contributed by atoms with Crippen LogP contribution in [-0.2, 0) is 6.42 Å². The molecule has 0 saturated carbocycles. The number of aromatic nitrogens is 3. The summed E-state index contributed by atoms with van der Waals surface area (Å²) in [5, 5.41) is 10.8. The summed E-state index contributed by atoms with van der Waals surface area (Å²) in [7, 11) is 0. The molecule has 20 heavy (non-hydrogen) atoms. The van der Waals surface area contributed by atoms with Gasteiger partial charge in [0, 0.05) is 23.5 Å². The third-order valence-corrected chi connectivity index (χ3v) is 3.62. The van der Waals surface area contributed by atoms with Crippen molar-refractivity contribution in [3.63, 3.8) is 0 Å². The summed E-state index contributed by atoms with van der Waals surface area (Å²) in [4.78, 5) is 19.5. The van der Waals surface area contributed by atoms with Crippen molar-refractivity contribution in [1.82, 2.24) is 14.7 Å². The molecule has 3 rings (SSSR count). The fourth-order valence-electron chi connectivity index (χ4n) is 2.33. The smallest absolute Gasteiger partial charge is 0.305 e. The van der Waals surface area contributed by atoms with Crippen LogP contribution in [0.3, 0.4) is 0 Å². The molecular formula is C15H15N3O2. The second kappa shape index (κ2) is 4.52. The van der Waals surface area contributed by atoms with Crippen LogP contribution in [0.15, 0.2) is 35.3 Å². The van der Waals surface area contributed by atoms with E-state index in [9.17, 15) is 10.0 Å². The predicted octanol–water partition coefficient (Wildman–Crippen LogP) is 2.17. The first-order chi connectivity index (χ1) is 9.58. The minimum absolute atomic E-state index is 0.348. The summed E-state index contributed by atoms with van der Waals surface area (Å²) in [6.07, 6.45) is 2.27. The Morgan fingerprint density at radius 3 is 2.85 bits per heavy atom. The van der Waals surface area contributed by atoms with Crippen LogP contribution in [0.5, 0.6) is 0 Å². The van der Waals surface area contributed by atoms with Crippen molar-refractivity contribution in [2.45, 2.75) is 20.3 Å². The van der Waals surface area contributed by atoms with Gasteiger partial charge in [0.05, 0.1) is 11.4 Å². The normalized spacial score (nSPS) is 11.1. The highest BCUT2D eigenvalue weighted by Gasteiger charge is 2.13. The molecule has 2 N–H and O–H groups in total. The zero-order valence-electron chi connectivity index (χ0n) is 11.3. The number of aryl methyl sites for hydroxylation is 1. The van der Waals surface area contributed by atoms with Gasteiger partial charge in [-0.15, -0.1) is 4.73 Å². The van der Waals surface area contributed by atoms with Crippen LogP contribution >= 0.6 is 0 Å². The van der Waals surface area contributed by atoms with Crippen LogP contribution in [0.1, 0.15) is 22.6 Å². The van der Waals surface area contributed by atoms with Crippen LogP contribution in [0.25, 0.3) is 10.9 Å². The van der Waals surface area contributed by atoms with Crippen molar-refractivity contribution in [2.75, 3.05) is 0 Å². The van der Waals surface area contributed by atoms with Gasteiger partial charge in [-0.05, 0) is 25.5 Å². The molecule has 0 fully saturated rings. The molecule has 2 heterocycles. The van der Waals surface area contributed by atoms with E-state index in [0.29, 0.717) is 28.2 Å². The Bertz CT molecular complexity index is 846. The Morgan fingerprint density at radius 2 is 2.05 bits per heavy atom. The number of rotatable bonds is 2. The average Bonchev–Trinajstić information content (AvgIpc) is 2.86. The van der Waals surface area contributed by atoms with E-state index >= 15 is 0 Å². The molecule has 0 aliphatic heterocycles. The molecule has 0 aliphatic carbocycles. The SMILES string of the molecule is Cc1nc(Cc2c[nH]c3ccccc23)c(=O)n(O)c1C. The van der Waals surface area contributed by atoms with Gasteiger partial charge in [-0.1, -0.05) is 18.2 Å². The summed E-state index contributed by atoms with van der Waals surface area (Å²) < 4.78 is 0.673. The Kier molecular flexibility index (Phi) is 2.82. The van der Waals surface area contributed by atoms with E-state index in [1.807, 2.05) is 30.5 Å². The monoisotopic (exact) mass is 269 g/mol. The number of benzene rings is 1. The molecule has 0 aliphatic rings. The Hall–Kier alpha value is -2.56. The highest BCUT2D eigenvalue weighted by molar-refractivity contribution is 5.83. The zero-order chi connectivity index (χ0) is 14.3. The van der Waals surface area contributed by atoms with Gasteiger partial charge in [-0.2, -0.15) is 0 Å². The minimum atomic E-state index is -0.460. The maximum atomic E-state index is 12.0. The van der Waals surface area contributed by atoms with Crippen LogP contribution < -0.4 is 5.56 Å². The van der Waals surface area contributed by atoms with E-state index in [0.717, 1.165) is 16.5 Å². The van der Waals surface area contributed by atoms with Crippen LogP contribution in [-0.4, -0.2) is 19.9 Å². The lowest BCUT2D eigenvalue weighted by molar-refractivity contribution is 0.165. The molecule has 0 amide bonds. The van der Waals surface area contributed by atoms with Gasteiger partial charge < -0.3 is 10.2 Å². The van der Waals surface area contributed by atoms with Crippen LogP contribution in [0.2, 0.25) is 0 Å². The van der Waals surface area contributed by atoms with E-state index in [1.54, 1.807) is 13.8 Å². The highest BCUT2D eigenvalue weighted by Crippen LogP contribution is 2.19. The number of para-hydroxylation sites is 1. The Morgan fingerprint density at radius 1 is 1.30 bits per heavy atom. The van der Waals surface area contributed by atoms with Crippen molar-refractivity contribution < 1.29 is 5.21 Å². The fraction of sp³-hybridized carbons (Fsp3) is 0.200. The molecule has 5 nitrogen and oxygen atoms in total. The van der Waals surface area contributed by atoms with Gasteiger partial charge in [0.2, 0.25) is 0 Å². The van der Waals surface area contributed by atoms with Crippen LogP contribution in [0, 0.1) is 13.8 Å². The van der Waals surface area contributed by atoms with Gasteiger partial charge in [-0.3, -0.25) is 4.79 Å². The lowest BCUT2D eigenvalue weighted by Crippen LogP contribution is -2.26. The van der Waals surface area contributed by atoms with E-state index in [4.69, 9.17) is 0 Å². The minimum Gasteiger partial charge on any atom is -0.425 e. The number of nitrogens with zero attached hydrogens (tertiary/aromatic N) is 2. The van der Waals surface area contributed by atoms with Gasteiger partial charge in [0.1, 0.15) is 5.69 Å². The fourth-order valence-corrected chi connectivity index (χ4v) is 2.33. The molecule has 0 bridgehead atoms. The molecular weight excluding hydrogens is 254 g/mol. The Balaban J connectivity index is 2.10. The lowest BCUT2D eigenvalue weighted by Gasteiger charge is -2.07. The summed E-state index contributed by atoms with van der Waals surface area (Å²) in [5.41, 5.74) is 3.03. The summed E-state index contributed by atoms with van der Waals surface area (Å²) >= 11 is 0. The largest absolute Gasteiger partial charge is 0.425 e. The molecule has 0 atom stereocenters. The van der Waals surface area contributed by atoms with Crippen molar-refractivity contribution >= 4 is 10.9 Å². The third-order valence-electron chi connectivity index (χ3n) is 3.62. The van der Waals surface area contributed by atoms with E-state index in [-0.39, 0.29) is 0 Å². The van der Waals surface area contributed by atoms with Crippen molar-refractivity contribution in [2.24, 2.45) is 0 Å². The summed E-state index contributed by atoms with van der Waals surface area (Å²) in [6.45, 7) is 3.44. The molecule has 0 radical (unpaired) electrons. The number of H-pyrrole nitrogens is 1. The number of hydrogen-bond donors (Lipinski definition) is 2. The number of aromatic amines is 1. The third kappa shape index (κ3) is 1.87. The number of fused-ring (bicyclic) bond motifs is 1. The highest BCUT2D eigenvalue weighted by atomic mass is 16.5. The molecule has 2 aromatic heterocycles. The van der Waals surface area contributed by atoms with Crippen molar-refractivity contribution in [3.8, 4) is 0 Å². The molecule has 0 saturated heterocycles. The zero-order valence-corrected chi connectivity index (χ0v) is 11.3. The van der Waals surface area contributed by atoms with E-state index in [1.165, 1.54) is 0 Å². The van der Waals surface area contributed by atoms with Gasteiger partial charge in [0.25, 0.3) is 0 Å². The van der Waals surface area contributed by atoms with Gasteiger partial charge in [0.15, 0.2) is 0 Å². The first-order valence-corrected chi connectivity index (χ1v) is 6.41. The van der Waals surface area contributed by atoms with E-state index in [2.05, 4.69) is 9.97 Å². The van der Waals surface area contributed by atoms with Crippen molar-refractivity contribution in [1.29, 1.82) is 0 Å². The standard InChI is InChI=1S/C15H15N3O2/c1-9-10(2)18(20)15(19)14(17-9)7-11-8-16-13-6-4-3-5-12(11)13/h3-6,8,16,20H,7H2,1-2H3. The first kappa shape index (κ1) is 12.5. The second-order valence-electron chi connectivity index (χ2n) is 4.88. The van der Waals surface area contributed by atoms with E-state index < -0.39 is 5.56 Å². The van der Waals surface area contributed by atoms with Gasteiger partial charge in [-0.25, -0.2) is 4.98 Å². The molecule has 102 valence electrons. The average molecular weight is 269 g/mol. The quantitative estimate of drug-likeness (QED) is 0.700. The summed E-state index contributed by atoms with van der Waals surface area (Å²) in [6, 6.07) is 7.89. The molecule has 5 heteroatoms. The molecule has 0 spiro atoms. The summed E-state index contributed by atoms with van der Waals surface area (Å²) in [5.74, 6) is 0. The predicted molar refractivity (Wildman–Crippen MR) is 76.3 cm³/mol. The first-order valence-electron chi connectivity index (χ1n) is 6.41. The maximum Gasteiger partial charge on any atom is 0.305 e. The molecule has 1 aromatic carbocycles. The van der Waals surface area contributed by atoms with Crippen LogP contribution in [0.4, 0.5) is 0 Å². The topological polar surface area (TPSA) is 70.9 Å². The number of hydrogen-bond acceptors (Lipinski definition) is 3. The Labute approximate surface area is 115 Å². The molecule has 3 aromatic rings. The van der Waals surface area contributed by atoms with Crippen molar-refractivity contribution in [3.05, 3.63) is 63.5 Å². The lowest BCUT2D eigenvalue weighted by atomic mass is 10.1. The second-order valence-corrected chi connectivity index (χ2v) is 4.88. The molecule has 0 unspecified atom stereocenters.